The standard InChI is InChI=1S/C19H12ClFN6O/c1-26-10-14(9-23-26)27-17-6-13(3-2-12(17)8-24-27)25-19(28)18-15(20)4-11(7-22)5-16(18)21/h2-6,8-10H,1H3,(H,25,28). The van der Waals surface area contributed by atoms with Crippen molar-refractivity contribution in [2.24, 2.45) is 7.05 Å². The van der Waals surface area contributed by atoms with Crippen LogP contribution in [0.3, 0.4) is 0 Å². The van der Waals surface area contributed by atoms with Gasteiger partial charge in [0, 0.05) is 18.1 Å². The van der Waals surface area contributed by atoms with Gasteiger partial charge in [0.15, 0.2) is 0 Å². The van der Waals surface area contributed by atoms with E-state index in [0.717, 1.165) is 22.7 Å². The number of aromatic nitrogens is 4. The van der Waals surface area contributed by atoms with Gasteiger partial charge in [-0.15, -0.1) is 0 Å². The zero-order chi connectivity index (χ0) is 19.8. The third-order valence-corrected chi connectivity index (χ3v) is 4.46. The van der Waals surface area contributed by atoms with Crippen LogP contribution in [0.4, 0.5) is 10.1 Å². The van der Waals surface area contributed by atoms with Crippen molar-refractivity contribution in [3.8, 4) is 11.8 Å². The number of halogens is 2. The molecular formula is C19H12ClFN6O. The Bertz CT molecular complexity index is 1250. The lowest BCUT2D eigenvalue weighted by Crippen LogP contribution is -2.14. The van der Waals surface area contributed by atoms with E-state index in [-0.39, 0.29) is 16.1 Å². The van der Waals surface area contributed by atoms with Crippen LogP contribution in [-0.2, 0) is 7.05 Å². The zero-order valence-corrected chi connectivity index (χ0v) is 15.3. The molecule has 1 amide bonds. The minimum atomic E-state index is -0.858. The molecule has 0 spiro atoms. The van der Waals surface area contributed by atoms with E-state index < -0.39 is 11.7 Å². The van der Waals surface area contributed by atoms with Gasteiger partial charge in [-0.1, -0.05) is 11.6 Å². The summed E-state index contributed by atoms with van der Waals surface area (Å²) in [6.07, 6.45) is 5.18. The van der Waals surface area contributed by atoms with Crippen LogP contribution < -0.4 is 5.32 Å². The minimum absolute atomic E-state index is 0.0424. The first kappa shape index (κ1) is 17.7. The fourth-order valence-corrected chi connectivity index (χ4v) is 3.16. The lowest BCUT2D eigenvalue weighted by Gasteiger charge is -2.09. The number of nitriles is 1. The molecule has 1 N–H and O–H groups in total. The minimum Gasteiger partial charge on any atom is -0.322 e. The molecule has 0 saturated heterocycles. The van der Waals surface area contributed by atoms with Crippen molar-refractivity contribution >= 4 is 34.1 Å². The van der Waals surface area contributed by atoms with E-state index in [4.69, 9.17) is 16.9 Å². The Morgan fingerprint density at radius 1 is 1.25 bits per heavy atom. The summed E-state index contributed by atoms with van der Waals surface area (Å²) in [6, 6.07) is 9.22. The van der Waals surface area contributed by atoms with Crippen LogP contribution in [0.25, 0.3) is 16.6 Å². The molecule has 7 nitrogen and oxygen atoms in total. The number of rotatable bonds is 3. The summed E-state index contributed by atoms with van der Waals surface area (Å²) < 4.78 is 17.6. The van der Waals surface area contributed by atoms with E-state index in [9.17, 15) is 9.18 Å². The van der Waals surface area contributed by atoms with E-state index in [1.807, 2.05) is 6.20 Å². The molecule has 2 aromatic carbocycles. The van der Waals surface area contributed by atoms with Crippen LogP contribution in [0.5, 0.6) is 0 Å². The quantitative estimate of drug-likeness (QED) is 0.574. The average molecular weight is 395 g/mol. The molecule has 4 rings (SSSR count). The first-order valence-corrected chi connectivity index (χ1v) is 8.51. The molecule has 2 aromatic heterocycles. The highest BCUT2D eigenvalue weighted by molar-refractivity contribution is 6.34. The van der Waals surface area contributed by atoms with Gasteiger partial charge in [0.2, 0.25) is 0 Å². The molecule has 0 aliphatic carbocycles. The molecule has 0 aliphatic rings. The SMILES string of the molecule is Cn1cc(-n2ncc3ccc(NC(=O)c4c(F)cc(C#N)cc4Cl)cc32)cn1. The molecule has 0 radical (unpaired) electrons. The normalized spacial score (nSPS) is 10.8. The molecule has 0 aliphatic heterocycles. The Labute approximate surface area is 163 Å². The third-order valence-electron chi connectivity index (χ3n) is 4.16. The number of hydrogen-bond acceptors (Lipinski definition) is 4. The van der Waals surface area contributed by atoms with Crippen LogP contribution >= 0.6 is 11.6 Å². The largest absolute Gasteiger partial charge is 0.322 e. The second kappa shape index (κ2) is 6.79. The Morgan fingerprint density at radius 3 is 2.75 bits per heavy atom. The van der Waals surface area contributed by atoms with Gasteiger partial charge in [0.1, 0.15) is 11.5 Å². The van der Waals surface area contributed by atoms with Crippen molar-refractivity contribution in [1.29, 1.82) is 5.26 Å². The van der Waals surface area contributed by atoms with Crippen molar-refractivity contribution in [3.05, 3.63) is 70.9 Å². The number of carbonyl (C=O) groups excluding carboxylic acids is 1. The summed E-state index contributed by atoms with van der Waals surface area (Å²) in [7, 11) is 1.80. The van der Waals surface area contributed by atoms with Crippen molar-refractivity contribution in [1.82, 2.24) is 19.6 Å². The van der Waals surface area contributed by atoms with Crippen LogP contribution in [0.2, 0.25) is 5.02 Å². The smallest absolute Gasteiger partial charge is 0.260 e. The molecule has 0 unspecified atom stereocenters. The number of nitrogens with one attached hydrogen (secondary N) is 1. The second-order valence-electron chi connectivity index (χ2n) is 6.08. The van der Waals surface area contributed by atoms with E-state index in [1.165, 1.54) is 6.07 Å². The van der Waals surface area contributed by atoms with Crippen molar-refractivity contribution in [2.75, 3.05) is 5.32 Å². The van der Waals surface area contributed by atoms with Crippen molar-refractivity contribution in [3.63, 3.8) is 0 Å². The maximum Gasteiger partial charge on any atom is 0.260 e. The van der Waals surface area contributed by atoms with E-state index >= 15 is 0 Å². The first-order chi connectivity index (χ1) is 13.5. The van der Waals surface area contributed by atoms with E-state index in [2.05, 4.69) is 15.5 Å². The maximum atomic E-state index is 14.2. The van der Waals surface area contributed by atoms with Gasteiger partial charge in [-0.3, -0.25) is 9.48 Å². The Hall–Kier alpha value is -3.70. The summed E-state index contributed by atoms with van der Waals surface area (Å²) in [5.41, 5.74) is 1.68. The molecule has 138 valence electrons. The van der Waals surface area contributed by atoms with Crippen LogP contribution in [0.1, 0.15) is 15.9 Å². The fourth-order valence-electron chi connectivity index (χ4n) is 2.87. The summed E-state index contributed by atoms with van der Waals surface area (Å²) in [6.45, 7) is 0. The number of aryl methyl sites for hydroxylation is 1. The van der Waals surface area contributed by atoms with Gasteiger partial charge in [0.25, 0.3) is 5.91 Å². The first-order valence-electron chi connectivity index (χ1n) is 8.13. The third kappa shape index (κ3) is 3.08. The monoisotopic (exact) mass is 394 g/mol. The number of anilines is 1. The maximum absolute atomic E-state index is 14.2. The number of carbonyl (C=O) groups is 1. The predicted octanol–water partition coefficient (Wildman–Crippen LogP) is 3.68. The average Bonchev–Trinajstić information content (AvgIpc) is 3.26. The molecule has 28 heavy (non-hydrogen) atoms. The molecular weight excluding hydrogens is 383 g/mol. The zero-order valence-electron chi connectivity index (χ0n) is 14.5. The van der Waals surface area contributed by atoms with Gasteiger partial charge in [-0.05, 0) is 30.3 Å². The van der Waals surface area contributed by atoms with Crippen LogP contribution in [0.15, 0.2) is 48.9 Å². The summed E-state index contributed by atoms with van der Waals surface area (Å²) >= 11 is 5.98. The molecule has 0 atom stereocenters. The molecule has 0 saturated carbocycles. The number of amides is 1. The highest BCUT2D eigenvalue weighted by Gasteiger charge is 2.18. The van der Waals surface area contributed by atoms with Gasteiger partial charge in [-0.25, -0.2) is 9.07 Å². The van der Waals surface area contributed by atoms with Gasteiger partial charge < -0.3 is 5.32 Å². The number of hydrogen-bond donors (Lipinski definition) is 1. The van der Waals surface area contributed by atoms with Gasteiger partial charge >= 0.3 is 0 Å². The molecule has 0 bridgehead atoms. The summed E-state index contributed by atoms with van der Waals surface area (Å²) in [4.78, 5) is 12.5. The lowest BCUT2D eigenvalue weighted by atomic mass is 10.1. The summed E-state index contributed by atoms with van der Waals surface area (Å²) in [5, 5.41) is 20.7. The molecule has 2 heterocycles. The van der Waals surface area contributed by atoms with E-state index in [0.29, 0.717) is 5.69 Å². The molecule has 4 aromatic rings. The lowest BCUT2D eigenvalue weighted by molar-refractivity contribution is 0.102. The topological polar surface area (TPSA) is 88.5 Å². The van der Waals surface area contributed by atoms with Gasteiger partial charge in [-0.2, -0.15) is 15.5 Å². The highest BCUT2D eigenvalue weighted by atomic mass is 35.5. The molecule has 9 heteroatoms. The Kier molecular flexibility index (Phi) is 4.29. The Morgan fingerprint density at radius 2 is 2.07 bits per heavy atom. The fraction of sp³-hybridized carbons (Fsp3) is 0.0526. The summed E-state index contributed by atoms with van der Waals surface area (Å²) in [5.74, 6) is -1.57. The number of benzene rings is 2. The van der Waals surface area contributed by atoms with Crippen LogP contribution in [0, 0.1) is 17.1 Å². The predicted molar refractivity (Wildman–Crippen MR) is 102 cm³/mol. The van der Waals surface area contributed by atoms with Crippen molar-refractivity contribution < 1.29 is 9.18 Å². The van der Waals surface area contributed by atoms with E-state index in [1.54, 1.807) is 53.1 Å². The molecule has 0 fully saturated rings. The second-order valence-corrected chi connectivity index (χ2v) is 6.49. The van der Waals surface area contributed by atoms with Crippen LogP contribution in [-0.4, -0.2) is 25.5 Å². The number of nitrogens with zero attached hydrogens (tertiary/aromatic N) is 5. The Balaban J connectivity index is 1.69. The highest BCUT2D eigenvalue weighted by Crippen LogP contribution is 2.25. The number of fused-ring (bicyclic) bond motifs is 1. The van der Waals surface area contributed by atoms with Gasteiger partial charge in [0.05, 0.1) is 46.3 Å². The van der Waals surface area contributed by atoms with Crippen molar-refractivity contribution in [2.45, 2.75) is 0 Å².